The molecule has 1 aliphatic rings. The van der Waals surface area contributed by atoms with Crippen molar-refractivity contribution in [3.05, 3.63) is 121 Å². The summed E-state index contributed by atoms with van der Waals surface area (Å²) in [7, 11) is -3.99. The number of aryl methyl sites for hydroxylation is 1. The Balaban J connectivity index is 1.20. The number of nitrogens with zero attached hydrogens (tertiary/aromatic N) is 6. The van der Waals surface area contributed by atoms with Crippen LogP contribution in [-0.2, 0) is 21.3 Å². The van der Waals surface area contributed by atoms with Crippen LogP contribution in [0.2, 0.25) is 0 Å². The van der Waals surface area contributed by atoms with Gasteiger partial charge in [-0.3, -0.25) is 4.68 Å². The molecule has 12 heteroatoms. The Labute approximate surface area is 303 Å². The summed E-state index contributed by atoms with van der Waals surface area (Å²) in [5, 5.41) is 5.17. The monoisotopic (exact) mass is 720 g/mol. The number of rotatable bonds is 7. The van der Waals surface area contributed by atoms with Crippen LogP contribution in [0.3, 0.4) is 0 Å². The van der Waals surface area contributed by atoms with E-state index in [2.05, 4.69) is 22.1 Å². The SMILES string of the molecule is Cc1ccc(S(=O)(=O)n2cc(-c3cnn(Cc4cccc(F)c4)c3)c3cc(-c4ccc(N5CCCN(C(=O)OC(C)(C)C)CC5)cc4)cnc32)cc1. The molecule has 0 atom stereocenters. The number of anilines is 1. The molecule has 0 bridgehead atoms. The van der Waals surface area contributed by atoms with Gasteiger partial charge in [0.25, 0.3) is 10.0 Å². The van der Waals surface area contributed by atoms with E-state index in [0.717, 1.165) is 40.9 Å². The zero-order chi connectivity index (χ0) is 36.6. The van der Waals surface area contributed by atoms with Gasteiger partial charge in [0.2, 0.25) is 0 Å². The zero-order valence-electron chi connectivity index (χ0n) is 29.7. The van der Waals surface area contributed by atoms with Crippen molar-refractivity contribution in [2.45, 2.75) is 51.2 Å². The minimum absolute atomic E-state index is 0.160. The van der Waals surface area contributed by atoms with Crippen LogP contribution in [0.25, 0.3) is 33.3 Å². The Bertz CT molecular complexity index is 2340. The van der Waals surface area contributed by atoms with Crippen molar-refractivity contribution in [1.29, 1.82) is 0 Å². The van der Waals surface area contributed by atoms with Crippen LogP contribution in [0.4, 0.5) is 14.9 Å². The lowest BCUT2D eigenvalue weighted by atomic mass is 10.0. The second-order valence-corrected chi connectivity index (χ2v) is 16.0. The highest BCUT2D eigenvalue weighted by Gasteiger charge is 2.26. The zero-order valence-corrected chi connectivity index (χ0v) is 30.5. The molecule has 0 radical (unpaired) electrons. The first kappa shape index (κ1) is 34.9. The Hall–Kier alpha value is -5.49. The Morgan fingerprint density at radius 2 is 1.63 bits per heavy atom. The van der Waals surface area contributed by atoms with Gasteiger partial charge in [-0.15, -0.1) is 0 Å². The number of pyridine rings is 1. The summed E-state index contributed by atoms with van der Waals surface area (Å²) in [5.74, 6) is -0.322. The molecular formula is C40H41FN6O4S. The lowest BCUT2D eigenvalue weighted by molar-refractivity contribution is 0.0263. The van der Waals surface area contributed by atoms with E-state index >= 15 is 0 Å². The molecule has 1 amide bonds. The van der Waals surface area contributed by atoms with Gasteiger partial charge in [-0.1, -0.05) is 42.0 Å². The van der Waals surface area contributed by atoms with E-state index < -0.39 is 15.6 Å². The van der Waals surface area contributed by atoms with Gasteiger partial charge in [-0.05, 0) is 87.7 Å². The molecule has 0 unspecified atom stereocenters. The van der Waals surface area contributed by atoms with Gasteiger partial charge in [0, 0.05) is 72.5 Å². The van der Waals surface area contributed by atoms with Crippen molar-refractivity contribution in [1.82, 2.24) is 23.6 Å². The number of fused-ring (bicyclic) bond motifs is 1. The maximum absolute atomic E-state index is 14.0. The third-order valence-electron chi connectivity index (χ3n) is 9.08. The summed E-state index contributed by atoms with van der Waals surface area (Å²) in [5.41, 5.74) is 5.62. The number of carbonyl (C=O) groups is 1. The molecule has 0 N–H and O–H groups in total. The first-order valence-corrected chi connectivity index (χ1v) is 18.7. The van der Waals surface area contributed by atoms with Gasteiger partial charge < -0.3 is 14.5 Å². The van der Waals surface area contributed by atoms with Crippen LogP contribution >= 0.6 is 0 Å². The molecule has 1 saturated heterocycles. The number of aromatic nitrogens is 4. The quantitative estimate of drug-likeness (QED) is 0.166. The normalized spacial score (nSPS) is 14.1. The van der Waals surface area contributed by atoms with Crippen LogP contribution in [0.1, 0.15) is 38.3 Å². The van der Waals surface area contributed by atoms with E-state index in [1.807, 2.05) is 58.2 Å². The fourth-order valence-electron chi connectivity index (χ4n) is 6.44. The maximum atomic E-state index is 14.0. The third kappa shape index (κ3) is 7.43. The molecule has 3 aromatic carbocycles. The average Bonchev–Trinajstić information content (AvgIpc) is 3.64. The molecule has 1 aliphatic heterocycles. The molecule has 52 heavy (non-hydrogen) atoms. The lowest BCUT2D eigenvalue weighted by Gasteiger charge is -2.27. The highest BCUT2D eigenvalue weighted by molar-refractivity contribution is 7.90. The molecule has 0 aliphatic carbocycles. The minimum Gasteiger partial charge on any atom is -0.444 e. The van der Waals surface area contributed by atoms with Crippen molar-refractivity contribution in [3.63, 3.8) is 0 Å². The standard InChI is InChI=1S/C40H41FN6O4S/c1-28-9-15-35(16-10-28)52(49,50)47-27-37(32-24-43-46(26-32)25-29-7-5-8-33(41)21-29)36-22-31(23-42-38(36)47)30-11-13-34(14-12-30)44-17-6-18-45(20-19-44)39(48)51-40(2,3)4/h5,7-16,21-24,26-27H,6,17-20,25H2,1-4H3. The molecule has 1 fully saturated rings. The summed E-state index contributed by atoms with van der Waals surface area (Å²) in [6.45, 7) is 10.6. The minimum atomic E-state index is -3.99. The fourth-order valence-corrected chi connectivity index (χ4v) is 7.76. The second kappa shape index (κ2) is 13.9. The number of halogens is 1. The van der Waals surface area contributed by atoms with E-state index in [1.54, 1.807) is 58.5 Å². The molecule has 10 nitrogen and oxygen atoms in total. The second-order valence-electron chi connectivity index (χ2n) is 14.2. The van der Waals surface area contributed by atoms with Gasteiger partial charge in [0.05, 0.1) is 17.6 Å². The van der Waals surface area contributed by atoms with Crippen molar-refractivity contribution in [3.8, 4) is 22.3 Å². The molecule has 268 valence electrons. The predicted octanol–water partition coefficient (Wildman–Crippen LogP) is 7.75. The van der Waals surface area contributed by atoms with E-state index in [0.29, 0.717) is 48.3 Å². The van der Waals surface area contributed by atoms with E-state index in [9.17, 15) is 17.6 Å². The summed E-state index contributed by atoms with van der Waals surface area (Å²) >= 11 is 0. The van der Waals surface area contributed by atoms with Gasteiger partial charge in [-0.25, -0.2) is 26.6 Å². The van der Waals surface area contributed by atoms with Crippen LogP contribution in [0.5, 0.6) is 0 Å². The molecular weight excluding hydrogens is 680 g/mol. The highest BCUT2D eigenvalue weighted by atomic mass is 32.2. The van der Waals surface area contributed by atoms with Gasteiger partial charge in [0.1, 0.15) is 11.4 Å². The Kier molecular flexibility index (Phi) is 9.35. The number of carbonyl (C=O) groups excluding carboxylic acids is 1. The van der Waals surface area contributed by atoms with Crippen LogP contribution in [-0.4, -0.2) is 69.9 Å². The number of hydrogen-bond donors (Lipinski definition) is 0. The lowest BCUT2D eigenvalue weighted by Crippen LogP contribution is -2.39. The van der Waals surface area contributed by atoms with Crippen molar-refractivity contribution < 1.29 is 22.3 Å². The number of amides is 1. The van der Waals surface area contributed by atoms with Gasteiger partial charge >= 0.3 is 6.09 Å². The van der Waals surface area contributed by atoms with Crippen LogP contribution < -0.4 is 4.90 Å². The number of benzene rings is 3. The van der Waals surface area contributed by atoms with Crippen LogP contribution in [0, 0.1) is 12.7 Å². The van der Waals surface area contributed by atoms with Crippen molar-refractivity contribution in [2.24, 2.45) is 0 Å². The van der Waals surface area contributed by atoms with Crippen molar-refractivity contribution >= 4 is 32.8 Å². The predicted molar refractivity (Wildman–Crippen MR) is 200 cm³/mol. The Morgan fingerprint density at radius 3 is 2.37 bits per heavy atom. The molecule has 4 heterocycles. The summed E-state index contributed by atoms with van der Waals surface area (Å²) in [4.78, 5) is 21.6. The van der Waals surface area contributed by atoms with Gasteiger partial charge in [-0.2, -0.15) is 5.10 Å². The van der Waals surface area contributed by atoms with Gasteiger partial charge in [0.15, 0.2) is 5.65 Å². The van der Waals surface area contributed by atoms with E-state index in [-0.39, 0.29) is 16.8 Å². The molecule has 0 saturated carbocycles. The third-order valence-corrected chi connectivity index (χ3v) is 10.7. The molecule has 0 spiro atoms. The Morgan fingerprint density at radius 1 is 0.865 bits per heavy atom. The van der Waals surface area contributed by atoms with E-state index in [4.69, 9.17) is 9.72 Å². The summed E-state index contributed by atoms with van der Waals surface area (Å²) in [6.07, 6.45) is 7.35. The fraction of sp³-hybridized carbons (Fsp3) is 0.275. The first-order valence-electron chi connectivity index (χ1n) is 17.3. The summed E-state index contributed by atoms with van der Waals surface area (Å²) in [6, 6.07) is 23.3. The first-order chi connectivity index (χ1) is 24.8. The van der Waals surface area contributed by atoms with Crippen molar-refractivity contribution in [2.75, 3.05) is 31.1 Å². The largest absolute Gasteiger partial charge is 0.444 e. The topological polar surface area (TPSA) is 103 Å². The molecule has 7 rings (SSSR count). The number of hydrogen-bond acceptors (Lipinski definition) is 7. The average molecular weight is 721 g/mol. The van der Waals surface area contributed by atoms with Crippen LogP contribution in [0.15, 0.2) is 109 Å². The number of ether oxygens (including phenoxy) is 1. The molecule has 6 aromatic rings. The smallest absolute Gasteiger partial charge is 0.410 e. The maximum Gasteiger partial charge on any atom is 0.410 e. The molecule has 3 aromatic heterocycles. The summed E-state index contributed by atoms with van der Waals surface area (Å²) < 4.78 is 50.4. The van der Waals surface area contributed by atoms with E-state index in [1.165, 1.54) is 16.1 Å². The highest BCUT2D eigenvalue weighted by Crippen LogP contribution is 2.35.